The number of aliphatic hydroxyl groups is 2. The SMILES string of the molecule is C.C#CCC(NC(=O)/C=C/CCCC1CCC2C3C(O)C(O)C4CCCCC4(C)C3CCC12C)NC(=O)C(C)CC(C)(C)CN. The van der Waals surface area contributed by atoms with Crippen LogP contribution in [0, 0.1) is 64.1 Å². The third-order valence-electron chi connectivity index (χ3n) is 12.9. The molecule has 45 heavy (non-hydrogen) atoms. The number of carbonyl (C=O) groups excluding carboxylic acids is 2. The molecular formula is C38H65N3O4. The van der Waals surface area contributed by atoms with Crippen LogP contribution >= 0.6 is 0 Å². The Hall–Kier alpha value is -1.88. The molecule has 11 unspecified atom stereocenters. The number of rotatable bonds is 12. The molecule has 4 rings (SSSR count). The highest BCUT2D eigenvalue weighted by Crippen LogP contribution is 2.67. The van der Waals surface area contributed by atoms with Crippen LogP contribution in [0.4, 0.5) is 0 Å². The van der Waals surface area contributed by atoms with E-state index in [-0.39, 0.29) is 59.7 Å². The van der Waals surface area contributed by atoms with Crippen molar-refractivity contribution >= 4 is 11.8 Å². The first kappa shape index (κ1) is 37.6. The summed E-state index contributed by atoms with van der Waals surface area (Å²) in [5.41, 5.74) is 6.05. The van der Waals surface area contributed by atoms with E-state index in [2.05, 4.69) is 30.4 Å². The van der Waals surface area contributed by atoms with E-state index in [1.54, 1.807) is 6.08 Å². The summed E-state index contributed by atoms with van der Waals surface area (Å²) in [4.78, 5) is 25.4. The summed E-state index contributed by atoms with van der Waals surface area (Å²) in [6, 6.07) is 0. The third-order valence-corrected chi connectivity index (χ3v) is 12.9. The first-order chi connectivity index (χ1) is 20.8. The monoisotopic (exact) mass is 627 g/mol. The normalized spacial score (nSPS) is 37.3. The minimum Gasteiger partial charge on any atom is -0.390 e. The second-order valence-electron chi connectivity index (χ2n) is 16.2. The molecule has 0 radical (unpaired) electrons. The van der Waals surface area contributed by atoms with Crippen molar-refractivity contribution in [2.24, 2.45) is 57.5 Å². The second-order valence-corrected chi connectivity index (χ2v) is 16.2. The molecule has 7 heteroatoms. The molecule has 4 fully saturated rings. The highest BCUT2D eigenvalue weighted by Gasteiger charge is 2.64. The summed E-state index contributed by atoms with van der Waals surface area (Å²) in [6.45, 7) is 11.3. The molecule has 0 aromatic carbocycles. The zero-order valence-corrected chi connectivity index (χ0v) is 28.1. The number of allylic oxidation sites excluding steroid dienone is 1. The predicted molar refractivity (Wildman–Crippen MR) is 182 cm³/mol. The second kappa shape index (κ2) is 15.3. The standard InChI is InChI=1S/C37H61N3O4.CH4/c1-7-13-29(40-34(44)24(2)22-35(3,4)23-38)39-30(41)16-10-8-9-14-25-17-18-26-31-27(19-21-36(25,26)5)37(6)20-12-11-15-28(37)32(42)33(31)43;/h1,10,16,24-29,31-33,42-43H,8-9,11-15,17-23,38H2,2-6H3,(H,39,41)(H,40,44);1H4/b16-10+;. The van der Waals surface area contributed by atoms with Gasteiger partial charge in [0.2, 0.25) is 11.8 Å². The highest BCUT2D eigenvalue weighted by atomic mass is 16.3. The fraction of sp³-hybridized carbons (Fsp3) is 0.842. The first-order valence-corrected chi connectivity index (χ1v) is 17.5. The molecule has 4 aliphatic rings. The summed E-state index contributed by atoms with van der Waals surface area (Å²) in [6.07, 6.45) is 20.4. The molecule has 0 spiro atoms. The zero-order valence-electron chi connectivity index (χ0n) is 28.1. The summed E-state index contributed by atoms with van der Waals surface area (Å²) < 4.78 is 0. The van der Waals surface area contributed by atoms with Gasteiger partial charge in [-0.05, 0) is 123 Å². The van der Waals surface area contributed by atoms with Crippen LogP contribution in [0.5, 0.6) is 0 Å². The number of unbranched alkanes of at least 4 members (excludes halogenated alkanes) is 1. The first-order valence-electron chi connectivity index (χ1n) is 17.5. The maximum atomic E-state index is 12.7. The van der Waals surface area contributed by atoms with Crippen molar-refractivity contribution in [3.05, 3.63) is 12.2 Å². The maximum Gasteiger partial charge on any atom is 0.245 e. The molecule has 2 amide bonds. The van der Waals surface area contributed by atoms with Crippen LogP contribution < -0.4 is 16.4 Å². The predicted octanol–water partition coefficient (Wildman–Crippen LogP) is 5.93. The summed E-state index contributed by atoms with van der Waals surface area (Å²) in [5.74, 6) is 3.96. The van der Waals surface area contributed by atoms with Gasteiger partial charge in [0.15, 0.2) is 0 Å². The average molecular weight is 628 g/mol. The van der Waals surface area contributed by atoms with Gasteiger partial charge in [-0.15, -0.1) is 12.3 Å². The van der Waals surface area contributed by atoms with Crippen molar-refractivity contribution in [2.75, 3.05) is 6.54 Å². The van der Waals surface area contributed by atoms with Gasteiger partial charge in [0.05, 0.1) is 12.2 Å². The number of nitrogens with two attached hydrogens (primary N) is 1. The summed E-state index contributed by atoms with van der Waals surface area (Å²) in [7, 11) is 0. The Morgan fingerprint density at radius 1 is 1.02 bits per heavy atom. The zero-order chi connectivity index (χ0) is 32.3. The Balaban J connectivity index is 0.00000552. The van der Waals surface area contributed by atoms with Crippen molar-refractivity contribution in [3.8, 4) is 12.3 Å². The van der Waals surface area contributed by atoms with E-state index in [1.165, 1.54) is 38.5 Å². The topological polar surface area (TPSA) is 125 Å². The largest absolute Gasteiger partial charge is 0.390 e. The molecule has 7 nitrogen and oxygen atoms in total. The van der Waals surface area contributed by atoms with Gasteiger partial charge in [0, 0.05) is 12.3 Å². The van der Waals surface area contributed by atoms with Crippen LogP contribution in [0.3, 0.4) is 0 Å². The van der Waals surface area contributed by atoms with Gasteiger partial charge in [-0.1, -0.05) is 61.0 Å². The molecule has 0 saturated heterocycles. The van der Waals surface area contributed by atoms with Crippen LogP contribution in [0.2, 0.25) is 0 Å². The number of fused-ring (bicyclic) bond motifs is 5. The van der Waals surface area contributed by atoms with Gasteiger partial charge >= 0.3 is 0 Å². The Labute approximate surface area is 274 Å². The van der Waals surface area contributed by atoms with Gasteiger partial charge < -0.3 is 26.6 Å². The Morgan fingerprint density at radius 3 is 2.42 bits per heavy atom. The van der Waals surface area contributed by atoms with Crippen LogP contribution in [-0.4, -0.2) is 46.9 Å². The lowest BCUT2D eigenvalue weighted by Crippen LogP contribution is -2.63. The number of nitrogens with one attached hydrogen (secondary N) is 2. The van der Waals surface area contributed by atoms with E-state index in [0.717, 1.165) is 32.1 Å². The number of aliphatic hydroxyl groups excluding tert-OH is 2. The fourth-order valence-electron chi connectivity index (χ4n) is 10.4. The van der Waals surface area contributed by atoms with Gasteiger partial charge in [0.1, 0.15) is 6.17 Å². The van der Waals surface area contributed by atoms with Gasteiger partial charge in [-0.3, -0.25) is 9.59 Å². The number of hydrogen-bond donors (Lipinski definition) is 5. The Bertz CT molecular complexity index is 1080. The van der Waals surface area contributed by atoms with Crippen molar-refractivity contribution in [2.45, 2.75) is 144 Å². The Kier molecular flexibility index (Phi) is 12.8. The molecule has 0 aromatic heterocycles. The van der Waals surface area contributed by atoms with E-state index in [4.69, 9.17) is 12.2 Å². The van der Waals surface area contributed by atoms with E-state index < -0.39 is 18.4 Å². The lowest BCUT2D eigenvalue weighted by Gasteiger charge is -2.63. The number of terminal acetylenes is 1. The molecule has 256 valence electrons. The third kappa shape index (κ3) is 7.99. The molecular weight excluding hydrogens is 562 g/mol. The molecule has 4 aliphatic carbocycles. The van der Waals surface area contributed by atoms with Crippen LogP contribution in [0.15, 0.2) is 12.2 Å². The van der Waals surface area contributed by atoms with Crippen LogP contribution in [-0.2, 0) is 9.59 Å². The van der Waals surface area contributed by atoms with Crippen molar-refractivity contribution < 1.29 is 19.8 Å². The lowest BCUT2D eigenvalue weighted by molar-refractivity contribution is -0.214. The lowest BCUT2D eigenvalue weighted by atomic mass is 9.43. The quantitative estimate of drug-likeness (QED) is 0.0794. The van der Waals surface area contributed by atoms with Crippen LogP contribution in [0.1, 0.15) is 126 Å². The van der Waals surface area contributed by atoms with E-state index in [0.29, 0.717) is 30.7 Å². The maximum absolute atomic E-state index is 12.7. The fourth-order valence-corrected chi connectivity index (χ4v) is 10.4. The van der Waals surface area contributed by atoms with E-state index >= 15 is 0 Å². The van der Waals surface area contributed by atoms with Crippen molar-refractivity contribution in [1.29, 1.82) is 0 Å². The molecule has 4 saturated carbocycles. The van der Waals surface area contributed by atoms with Crippen LogP contribution in [0.25, 0.3) is 0 Å². The average Bonchev–Trinajstić information content (AvgIpc) is 3.31. The molecule has 0 aliphatic heterocycles. The van der Waals surface area contributed by atoms with Gasteiger partial charge in [-0.25, -0.2) is 0 Å². The molecule has 0 heterocycles. The molecule has 0 bridgehead atoms. The van der Waals surface area contributed by atoms with Gasteiger partial charge in [0.25, 0.3) is 0 Å². The minimum absolute atomic E-state index is 0. The van der Waals surface area contributed by atoms with Gasteiger partial charge in [-0.2, -0.15) is 0 Å². The minimum atomic E-state index is -0.613. The number of amides is 2. The smallest absolute Gasteiger partial charge is 0.245 e. The van der Waals surface area contributed by atoms with E-state index in [1.807, 2.05) is 26.8 Å². The summed E-state index contributed by atoms with van der Waals surface area (Å²) in [5, 5.41) is 28.5. The highest BCUT2D eigenvalue weighted by molar-refractivity contribution is 5.88. The molecule has 0 aromatic rings. The van der Waals surface area contributed by atoms with Crippen molar-refractivity contribution in [3.63, 3.8) is 0 Å². The van der Waals surface area contributed by atoms with Crippen molar-refractivity contribution in [1.82, 2.24) is 10.6 Å². The van der Waals surface area contributed by atoms with E-state index in [9.17, 15) is 19.8 Å². The molecule has 6 N–H and O–H groups in total. The molecule has 11 atom stereocenters. The summed E-state index contributed by atoms with van der Waals surface area (Å²) >= 11 is 0. The Morgan fingerprint density at radius 2 is 1.73 bits per heavy atom. The number of hydrogen-bond acceptors (Lipinski definition) is 5. The number of carbonyl (C=O) groups is 2.